The minimum Gasteiger partial charge on any atom is -0.497 e. The average Bonchev–Trinajstić information content (AvgIpc) is 2.59. The summed E-state index contributed by atoms with van der Waals surface area (Å²) in [4.78, 5) is 25.0. The molecule has 1 fully saturated rings. The van der Waals surface area contributed by atoms with Crippen LogP contribution < -0.4 is 9.47 Å². The van der Waals surface area contributed by atoms with Gasteiger partial charge in [-0.25, -0.2) is 4.79 Å². The Bertz CT molecular complexity index is 611. The first-order valence-corrected chi connectivity index (χ1v) is 7.50. The topological polar surface area (TPSA) is 76.1 Å². The van der Waals surface area contributed by atoms with Crippen LogP contribution >= 0.6 is 0 Å². The van der Waals surface area contributed by atoms with E-state index in [4.69, 9.17) is 9.47 Å². The standard InChI is InChI=1S/C17H21NO5/c1-22-13-7-8-15(23-2)12(11-13)6-9-16(19)18-10-4-3-5-14(18)17(20)21/h6-9,11,14H,3-5,10H2,1-2H3,(H,20,21)/b9-6+/t14-/m0/s1. The maximum absolute atomic E-state index is 12.3. The molecule has 0 aliphatic carbocycles. The number of aliphatic carboxylic acids is 1. The lowest BCUT2D eigenvalue weighted by atomic mass is 10.0. The Kier molecular flexibility index (Phi) is 5.62. The predicted octanol–water partition coefficient (Wildman–Crippen LogP) is 2.18. The van der Waals surface area contributed by atoms with Crippen molar-refractivity contribution in [3.63, 3.8) is 0 Å². The molecule has 6 heteroatoms. The van der Waals surface area contributed by atoms with Crippen molar-refractivity contribution in [2.45, 2.75) is 25.3 Å². The smallest absolute Gasteiger partial charge is 0.326 e. The molecule has 2 rings (SSSR count). The number of methoxy groups -OCH3 is 2. The van der Waals surface area contributed by atoms with E-state index in [9.17, 15) is 14.7 Å². The number of carbonyl (C=O) groups is 2. The fourth-order valence-electron chi connectivity index (χ4n) is 2.68. The van der Waals surface area contributed by atoms with E-state index in [1.807, 2.05) is 0 Å². The highest BCUT2D eigenvalue weighted by molar-refractivity contribution is 5.94. The highest BCUT2D eigenvalue weighted by atomic mass is 16.5. The van der Waals surface area contributed by atoms with E-state index in [-0.39, 0.29) is 5.91 Å². The van der Waals surface area contributed by atoms with Crippen LogP contribution in [-0.2, 0) is 9.59 Å². The van der Waals surface area contributed by atoms with Crippen molar-refractivity contribution < 1.29 is 24.2 Å². The summed E-state index contributed by atoms with van der Waals surface area (Å²) >= 11 is 0. The van der Waals surface area contributed by atoms with Crippen LogP contribution in [0.2, 0.25) is 0 Å². The van der Waals surface area contributed by atoms with Gasteiger partial charge in [-0.1, -0.05) is 0 Å². The molecule has 1 amide bonds. The van der Waals surface area contributed by atoms with Gasteiger partial charge in [0.05, 0.1) is 14.2 Å². The molecular formula is C17H21NO5. The molecule has 0 spiro atoms. The second-order valence-corrected chi connectivity index (χ2v) is 5.32. The van der Waals surface area contributed by atoms with Crippen molar-refractivity contribution in [2.75, 3.05) is 20.8 Å². The summed E-state index contributed by atoms with van der Waals surface area (Å²) in [7, 11) is 3.11. The molecule has 1 aromatic rings. The van der Waals surface area contributed by atoms with Gasteiger partial charge in [0.25, 0.3) is 0 Å². The quantitative estimate of drug-likeness (QED) is 0.842. The van der Waals surface area contributed by atoms with Crippen LogP contribution in [0.4, 0.5) is 0 Å². The lowest BCUT2D eigenvalue weighted by molar-refractivity contribution is -0.150. The number of hydrogen-bond acceptors (Lipinski definition) is 4. The van der Waals surface area contributed by atoms with Gasteiger partial charge in [0, 0.05) is 18.2 Å². The number of piperidine rings is 1. The SMILES string of the molecule is COc1ccc(OC)c(/C=C/C(=O)N2CCCC[C@H]2C(=O)O)c1. The summed E-state index contributed by atoms with van der Waals surface area (Å²) in [5.41, 5.74) is 0.698. The van der Waals surface area contributed by atoms with Gasteiger partial charge in [-0.05, 0) is 43.5 Å². The molecule has 1 N–H and O–H groups in total. The van der Waals surface area contributed by atoms with Crippen LogP contribution in [0.15, 0.2) is 24.3 Å². The Morgan fingerprint density at radius 3 is 2.70 bits per heavy atom. The number of likely N-dealkylation sites (tertiary alicyclic amines) is 1. The molecule has 0 radical (unpaired) electrons. The third-order valence-corrected chi connectivity index (χ3v) is 3.91. The zero-order valence-corrected chi connectivity index (χ0v) is 13.3. The van der Waals surface area contributed by atoms with Crippen molar-refractivity contribution >= 4 is 18.0 Å². The number of hydrogen-bond donors (Lipinski definition) is 1. The molecule has 0 unspecified atom stereocenters. The Balaban J connectivity index is 2.18. The summed E-state index contributed by atoms with van der Waals surface area (Å²) in [6.45, 7) is 0.468. The molecule has 1 heterocycles. The van der Waals surface area contributed by atoms with Crippen molar-refractivity contribution in [1.82, 2.24) is 4.90 Å². The minimum atomic E-state index is -0.953. The van der Waals surface area contributed by atoms with Gasteiger partial charge < -0.3 is 19.5 Å². The highest BCUT2D eigenvalue weighted by Gasteiger charge is 2.30. The lowest BCUT2D eigenvalue weighted by Crippen LogP contribution is -2.47. The molecule has 23 heavy (non-hydrogen) atoms. The van der Waals surface area contributed by atoms with E-state index in [0.717, 1.165) is 12.8 Å². The van der Waals surface area contributed by atoms with Crippen LogP contribution in [-0.4, -0.2) is 48.7 Å². The molecule has 1 saturated heterocycles. The van der Waals surface area contributed by atoms with Crippen LogP contribution in [0.5, 0.6) is 11.5 Å². The number of carboxylic acids is 1. The van der Waals surface area contributed by atoms with Crippen molar-refractivity contribution in [3.8, 4) is 11.5 Å². The maximum atomic E-state index is 12.3. The fourth-order valence-corrected chi connectivity index (χ4v) is 2.68. The highest BCUT2D eigenvalue weighted by Crippen LogP contribution is 2.25. The number of ether oxygens (including phenoxy) is 2. The van der Waals surface area contributed by atoms with Gasteiger partial charge >= 0.3 is 5.97 Å². The van der Waals surface area contributed by atoms with Crippen LogP contribution in [0.3, 0.4) is 0 Å². The maximum Gasteiger partial charge on any atom is 0.326 e. The number of carboxylic acid groups (broad SMARTS) is 1. The van der Waals surface area contributed by atoms with Gasteiger partial charge in [0.2, 0.25) is 5.91 Å². The van der Waals surface area contributed by atoms with Gasteiger partial charge in [-0.15, -0.1) is 0 Å². The van der Waals surface area contributed by atoms with E-state index < -0.39 is 12.0 Å². The largest absolute Gasteiger partial charge is 0.497 e. The summed E-state index contributed by atoms with van der Waals surface area (Å²) in [5.74, 6) is 0.00921. The molecular weight excluding hydrogens is 298 g/mol. The van der Waals surface area contributed by atoms with Crippen molar-refractivity contribution in [1.29, 1.82) is 0 Å². The van der Waals surface area contributed by atoms with Gasteiger partial charge in [0.1, 0.15) is 17.5 Å². The second-order valence-electron chi connectivity index (χ2n) is 5.32. The van der Waals surface area contributed by atoms with Gasteiger partial charge in [0.15, 0.2) is 0 Å². The van der Waals surface area contributed by atoms with E-state index in [0.29, 0.717) is 30.0 Å². The molecule has 1 aliphatic heterocycles. The lowest BCUT2D eigenvalue weighted by Gasteiger charge is -2.32. The molecule has 124 valence electrons. The number of amides is 1. The first-order chi connectivity index (χ1) is 11.1. The zero-order chi connectivity index (χ0) is 16.8. The fraction of sp³-hybridized carbons (Fsp3) is 0.412. The number of benzene rings is 1. The summed E-state index contributed by atoms with van der Waals surface area (Å²) in [6.07, 6.45) is 5.16. The molecule has 0 bridgehead atoms. The normalized spacial score (nSPS) is 18.0. The number of rotatable bonds is 5. The Labute approximate surface area is 135 Å². The van der Waals surface area contributed by atoms with Crippen LogP contribution in [0.1, 0.15) is 24.8 Å². The van der Waals surface area contributed by atoms with E-state index in [1.54, 1.807) is 38.5 Å². The van der Waals surface area contributed by atoms with Crippen molar-refractivity contribution in [2.24, 2.45) is 0 Å². The number of carbonyl (C=O) groups excluding carboxylic acids is 1. The molecule has 1 aromatic carbocycles. The summed E-state index contributed by atoms with van der Waals surface area (Å²) < 4.78 is 10.4. The Morgan fingerprint density at radius 2 is 2.04 bits per heavy atom. The third kappa shape index (κ3) is 4.03. The van der Waals surface area contributed by atoms with Crippen LogP contribution in [0.25, 0.3) is 6.08 Å². The third-order valence-electron chi connectivity index (χ3n) is 3.91. The predicted molar refractivity (Wildman–Crippen MR) is 85.6 cm³/mol. The van der Waals surface area contributed by atoms with Gasteiger partial charge in [-0.2, -0.15) is 0 Å². The second kappa shape index (κ2) is 7.67. The van der Waals surface area contributed by atoms with Crippen LogP contribution in [0, 0.1) is 0 Å². The minimum absolute atomic E-state index is 0.304. The molecule has 1 aliphatic rings. The first-order valence-electron chi connectivity index (χ1n) is 7.50. The van der Waals surface area contributed by atoms with E-state index >= 15 is 0 Å². The van der Waals surface area contributed by atoms with E-state index in [1.165, 1.54) is 11.0 Å². The Morgan fingerprint density at radius 1 is 1.26 bits per heavy atom. The number of nitrogens with zero attached hydrogens (tertiary/aromatic N) is 1. The summed E-state index contributed by atoms with van der Waals surface area (Å²) in [6, 6.07) is 4.54. The monoisotopic (exact) mass is 319 g/mol. The summed E-state index contributed by atoms with van der Waals surface area (Å²) in [5, 5.41) is 9.24. The molecule has 1 atom stereocenters. The van der Waals surface area contributed by atoms with E-state index in [2.05, 4.69) is 0 Å². The zero-order valence-electron chi connectivity index (χ0n) is 13.3. The van der Waals surface area contributed by atoms with Gasteiger partial charge in [-0.3, -0.25) is 4.79 Å². The molecule has 0 saturated carbocycles. The Hall–Kier alpha value is -2.50. The van der Waals surface area contributed by atoms with Crippen molar-refractivity contribution in [3.05, 3.63) is 29.8 Å². The first kappa shape index (κ1) is 16.9. The average molecular weight is 319 g/mol. The molecule has 6 nitrogen and oxygen atoms in total. The molecule has 0 aromatic heterocycles.